The molecule has 1 aromatic carbocycles. The van der Waals surface area contributed by atoms with Gasteiger partial charge in [-0.3, -0.25) is 15.0 Å². The number of hydrogen-bond acceptors (Lipinski definition) is 3. The molecule has 3 aromatic rings. The normalized spacial score (nSPS) is 10.4. The molecule has 0 atom stereocenters. The topological polar surface area (TPSA) is 86.5 Å². The van der Waals surface area contributed by atoms with E-state index in [4.69, 9.17) is 0 Å². The number of benzene rings is 1. The lowest BCUT2D eigenvalue weighted by atomic mass is 10.1. The van der Waals surface area contributed by atoms with Crippen LogP contribution in [0.1, 0.15) is 10.5 Å². The molecule has 7 heteroatoms. The number of carbonyl (C=O) groups is 1. The van der Waals surface area contributed by atoms with Gasteiger partial charge in [0.05, 0.1) is 5.69 Å². The quantitative estimate of drug-likeness (QED) is 0.689. The molecule has 0 bridgehead atoms. The zero-order chi connectivity index (χ0) is 13.9. The molecule has 100 valence electrons. The monoisotopic (exact) mass is 331 g/mol. The Balaban J connectivity index is 1.81. The predicted octanol–water partition coefficient (Wildman–Crippen LogP) is 2.81. The van der Waals surface area contributed by atoms with Crippen molar-refractivity contribution < 1.29 is 4.79 Å². The SMILES string of the molecule is O=C(Nc1cc(-c2ccccc2Br)[nH]n1)c1ccn[nH]1. The third kappa shape index (κ3) is 2.48. The molecule has 3 N–H and O–H groups in total. The van der Waals surface area contributed by atoms with E-state index >= 15 is 0 Å². The smallest absolute Gasteiger partial charge is 0.274 e. The third-order valence-corrected chi connectivity index (χ3v) is 3.42. The number of aromatic nitrogens is 4. The molecule has 0 fully saturated rings. The molecule has 0 aliphatic heterocycles. The van der Waals surface area contributed by atoms with E-state index in [-0.39, 0.29) is 5.91 Å². The number of amides is 1. The average Bonchev–Trinajstić information content (AvgIpc) is 3.10. The molecule has 0 aliphatic carbocycles. The lowest BCUT2D eigenvalue weighted by Crippen LogP contribution is -2.12. The Kier molecular flexibility index (Phi) is 3.34. The summed E-state index contributed by atoms with van der Waals surface area (Å²) in [5.41, 5.74) is 2.18. The molecular weight excluding hydrogens is 322 g/mol. The van der Waals surface area contributed by atoms with Crippen molar-refractivity contribution in [2.24, 2.45) is 0 Å². The Morgan fingerprint density at radius 1 is 1.20 bits per heavy atom. The van der Waals surface area contributed by atoms with Crippen LogP contribution in [0.3, 0.4) is 0 Å². The highest BCUT2D eigenvalue weighted by atomic mass is 79.9. The number of hydrogen-bond donors (Lipinski definition) is 3. The molecule has 2 heterocycles. The van der Waals surface area contributed by atoms with Gasteiger partial charge in [-0.25, -0.2) is 0 Å². The molecule has 6 nitrogen and oxygen atoms in total. The number of aromatic amines is 2. The minimum Gasteiger partial charge on any atom is -0.304 e. The van der Waals surface area contributed by atoms with Gasteiger partial charge >= 0.3 is 0 Å². The van der Waals surface area contributed by atoms with Gasteiger partial charge in [0, 0.05) is 22.3 Å². The van der Waals surface area contributed by atoms with Crippen LogP contribution in [-0.2, 0) is 0 Å². The molecule has 2 aromatic heterocycles. The van der Waals surface area contributed by atoms with E-state index in [0.717, 1.165) is 15.7 Å². The van der Waals surface area contributed by atoms with E-state index in [1.807, 2.05) is 24.3 Å². The maximum absolute atomic E-state index is 11.8. The van der Waals surface area contributed by atoms with Crippen molar-refractivity contribution >= 4 is 27.7 Å². The summed E-state index contributed by atoms with van der Waals surface area (Å²) in [5.74, 6) is 0.169. The second-order valence-electron chi connectivity index (χ2n) is 4.07. The first-order valence-electron chi connectivity index (χ1n) is 5.85. The number of anilines is 1. The second-order valence-corrected chi connectivity index (χ2v) is 4.93. The van der Waals surface area contributed by atoms with Crippen LogP contribution in [0.5, 0.6) is 0 Å². The van der Waals surface area contributed by atoms with Crippen molar-refractivity contribution in [2.75, 3.05) is 5.32 Å². The first-order chi connectivity index (χ1) is 9.74. The van der Waals surface area contributed by atoms with Crippen LogP contribution in [0.15, 0.2) is 47.1 Å². The fourth-order valence-corrected chi connectivity index (χ4v) is 2.27. The van der Waals surface area contributed by atoms with Gasteiger partial charge in [-0.15, -0.1) is 0 Å². The van der Waals surface area contributed by atoms with Crippen LogP contribution in [0, 0.1) is 0 Å². The fraction of sp³-hybridized carbons (Fsp3) is 0. The second kappa shape index (κ2) is 5.30. The van der Waals surface area contributed by atoms with E-state index < -0.39 is 0 Å². The number of rotatable bonds is 3. The van der Waals surface area contributed by atoms with Gasteiger partial charge in [0.1, 0.15) is 5.69 Å². The molecule has 3 rings (SSSR count). The van der Waals surface area contributed by atoms with Crippen molar-refractivity contribution in [3.63, 3.8) is 0 Å². The molecule has 0 saturated carbocycles. The Morgan fingerprint density at radius 2 is 2.05 bits per heavy atom. The van der Waals surface area contributed by atoms with Gasteiger partial charge in [-0.2, -0.15) is 10.2 Å². The van der Waals surface area contributed by atoms with Crippen LogP contribution < -0.4 is 5.32 Å². The zero-order valence-electron chi connectivity index (χ0n) is 10.2. The van der Waals surface area contributed by atoms with Crippen molar-refractivity contribution in [3.05, 3.63) is 52.8 Å². The van der Waals surface area contributed by atoms with Gasteiger partial charge in [0.25, 0.3) is 5.91 Å². The maximum atomic E-state index is 11.8. The van der Waals surface area contributed by atoms with E-state index in [2.05, 4.69) is 41.6 Å². The summed E-state index contributed by atoms with van der Waals surface area (Å²) in [4.78, 5) is 11.8. The number of nitrogens with zero attached hydrogens (tertiary/aromatic N) is 2. The fourth-order valence-electron chi connectivity index (χ4n) is 1.77. The van der Waals surface area contributed by atoms with Gasteiger partial charge in [-0.1, -0.05) is 34.1 Å². The maximum Gasteiger partial charge on any atom is 0.274 e. The number of H-pyrrole nitrogens is 2. The molecule has 0 aliphatic rings. The minimum atomic E-state index is -0.285. The standard InChI is InChI=1S/C13H10BrN5O/c14-9-4-2-1-3-8(9)11-7-12(19-18-11)16-13(20)10-5-6-15-17-10/h1-7H,(H,15,17)(H2,16,18,19,20). The first kappa shape index (κ1) is 12.6. The summed E-state index contributed by atoms with van der Waals surface area (Å²) < 4.78 is 0.954. The molecule has 0 unspecified atom stereocenters. The summed E-state index contributed by atoms with van der Waals surface area (Å²) in [6, 6.07) is 11.1. The Hall–Kier alpha value is -2.41. The van der Waals surface area contributed by atoms with Crippen molar-refractivity contribution in [2.45, 2.75) is 0 Å². The molecule has 20 heavy (non-hydrogen) atoms. The Labute approximate surface area is 122 Å². The van der Waals surface area contributed by atoms with Crippen LogP contribution in [0.25, 0.3) is 11.3 Å². The predicted molar refractivity (Wildman–Crippen MR) is 78.3 cm³/mol. The lowest BCUT2D eigenvalue weighted by molar-refractivity contribution is 0.102. The highest BCUT2D eigenvalue weighted by molar-refractivity contribution is 9.10. The molecule has 1 amide bonds. The molecule has 0 spiro atoms. The van der Waals surface area contributed by atoms with Gasteiger partial charge in [0.2, 0.25) is 0 Å². The van der Waals surface area contributed by atoms with Crippen LogP contribution in [-0.4, -0.2) is 26.3 Å². The van der Waals surface area contributed by atoms with E-state index in [1.54, 1.807) is 12.1 Å². The number of carbonyl (C=O) groups excluding carboxylic acids is 1. The summed E-state index contributed by atoms with van der Waals surface area (Å²) in [5, 5.41) is 16.0. The van der Waals surface area contributed by atoms with Gasteiger partial charge in [0.15, 0.2) is 5.82 Å². The van der Waals surface area contributed by atoms with Gasteiger partial charge in [-0.05, 0) is 12.1 Å². The highest BCUT2D eigenvalue weighted by Crippen LogP contribution is 2.27. The third-order valence-electron chi connectivity index (χ3n) is 2.73. The van der Waals surface area contributed by atoms with E-state index in [0.29, 0.717) is 11.5 Å². The Bertz CT molecular complexity index is 735. The van der Waals surface area contributed by atoms with Crippen LogP contribution in [0.4, 0.5) is 5.82 Å². The minimum absolute atomic E-state index is 0.285. The van der Waals surface area contributed by atoms with Crippen molar-refractivity contribution in [1.29, 1.82) is 0 Å². The van der Waals surface area contributed by atoms with Crippen molar-refractivity contribution in [3.8, 4) is 11.3 Å². The van der Waals surface area contributed by atoms with Crippen LogP contribution >= 0.6 is 15.9 Å². The molecular formula is C13H10BrN5O. The number of halogens is 1. The zero-order valence-corrected chi connectivity index (χ0v) is 11.8. The summed E-state index contributed by atoms with van der Waals surface area (Å²) >= 11 is 3.48. The highest BCUT2D eigenvalue weighted by Gasteiger charge is 2.11. The first-order valence-corrected chi connectivity index (χ1v) is 6.64. The summed E-state index contributed by atoms with van der Waals surface area (Å²) in [6.07, 6.45) is 1.52. The van der Waals surface area contributed by atoms with Gasteiger partial charge < -0.3 is 5.32 Å². The van der Waals surface area contributed by atoms with E-state index in [9.17, 15) is 4.79 Å². The number of nitrogens with one attached hydrogen (secondary N) is 3. The largest absolute Gasteiger partial charge is 0.304 e. The van der Waals surface area contributed by atoms with E-state index in [1.165, 1.54) is 6.20 Å². The van der Waals surface area contributed by atoms with Crippen molar-refractivity contribution in [1.82, 2.24) is 20.4 Å². The molecule has 0 saturated heterocycles. The lowest BCUT2D eigenvalue weighted by Gasteiger charge is -1.99. The molecule has 0 radical (unpaired) electrons. The average molecular weight is 332 g/mol. The van der Waals surface area contributed by atoms with Crippen LogP contribution in [0.2, 0.25) is 0 Å². The summed E-state index contributed by atoms with van der Waals surface area (Å²) in [7, 11) is 0. The Morgan fingerprint density at radius 3 is 2.80 bits per heavy atom. The summed E-state index contributed by atoms with van der Waals surface area (Å²) in [6.45, 7) is 0.